The van der Waals surface area contributed by atoms with Gasteiger partial charge in [-0.15, -0.1) is 0 Å². The molecule has 1 atom stereocenters. The summed E-state index contributed by atoms with van der Waals surface area (Å²) in [6, 6.07) is -0.237. The van der Waals surface area contributed by atoms with Gasteiger partial charge in [-0.3, -0.25) is 4.68 Å². The van der Waals surface area contributed by atoms with Gasteiger partial charge in [0, 0.05) is 32.0 Å². The summed E-state index contributed by atoms with van der Waals surface area (Å²) in [4.78, 5) is 3.88. The van der Waals surface area contributed by atoms with Crippen LogP contribution < -0.4 is 4.72 Å². The summed E-state index contributed by atoms with van der Waals surface area (Å²) >= 11 is 0. The predicted octanol–water partition coefficient (Wildman–Crippen LogP) is 0.680. The molecule has 0 saturated heterocycles. The molecule has 0 aliphatic rings. The van der Waals surface area contributed by atoms with Gasteiger partial charge in [0.05, 0.1) is 12.0 Å². The van der Waals surface area contributed by atoms with E-state index in [1.165, 1.54) is 12.5 Å². The fraction of sp³-hybridized carbons (Fsp3) is 0.538. The second kappa shape index (κ2) is 5.61. The molecule has 116 valence electrons. The first-order valence-electron chi connectivity index (χ1n) is 6.70. The summed E-state index contributed by atoms with van der Waals surface area (Å²) in [5.74, 6) is 0. The third kappa shape index (κ3) is 3.33. The Hall–Kier alpha value is -1.67. The van der Waals surface area contributed by atoms with E-state index in [0.717, 1.165) is 17.0 Å². The number of rotatable bonds is 5. The van der Waals surface area contributed by atoms with Crippen molar-refractivity contribution in [1.82, 2.24) is 24.1 Å². The van der Waals surface area contributed by atoms with Crippen molar-refractivity contribution in [2.45, 2.75) is 38.3 Å². The van der Waals surface area contributed by atoms with Crippen LogP contribution in [0.2, 0.25) is 0 Å². The summed E-state index contributed by atoms with van der Waals surface area (Å²) in [5, 5.41) is 4.38. The van der Waals surface area contributed by atoms with Gasteiger partial charge in [-0.05, 0) is 32.8 Å². The SMILES string of the molecule is Cc1nn(C)c(C)c1CC(C)NS(=O)(=O)c1cn(C)cn1. The lowest BCUT2D eigenvalue weighted by Crippen LogP contribution is -2.34. The fourth-order valence-electron chi connectivity index (χ4n) is 2.31. The minimum Gasteiger partial charge on any atom is -0.339 e. The largest absolute Gasteiger partial charge is 0.339 e. The van der Waals surface area contributed by atoms with Crippen LogP contribution >= 0.6 is 0 Å². The van der Waals surface area contributed by atoms with Gasteiger partial charge in [0.2, 0.25) is 0 Å². The zero-order valence-electron chi connectivity index (χ0n) is 13.0. The molecule has 0 radical (unpaired) electrons. The Morgan fingerprint density at radius 2 is 2.00 bits per heavy atom. The molecule has 0 aliphatic heterocycles. The van der Waals surface area contributed by atoms with Crippen LogP contribution in [0.1, 0.15) is 23.9 Å². The van der Waals surface area contributed by atoms with Crippen LogP contribution in [-0.4, -0.2) is 33.8 Å². The van der Waals surface area contributed by atoms with Crippen molar-refractivity contribution in [1.29, 1.82) is 0 Å². The summed E-state index contributed by atoms with van der Waals surface area (Å²) in [5.41, 5.74) is 3.06. The standard InChI is InChI=1S/C13H21N5O2S/c1-9(6-12-10(2)15-18(5)11(12)3)16-21(19,20)13-7-17(4)8-14-13/h7-9,16H,6H2,1-5H3. The monoisotopic (exact) mass is 311 g/mol. The lowest BCUT2D eigenvalue weighted by molar-refractivity contribution is 0.556. The molecule has 1 N–H and O–H groups in total. The van der Waals surface area contributed by atoms with Gasteiger partial charge >= 0.3 is 0 Å². The maximum absolute atomic E-state index is 12.2. The smallest absolute Gasteiger partial charge is 0.259 e. The summed E-state index contributed by atoms with van der Waals surface area (Å²) in [6.07, 6.45) is 3.54. The second-order valence-electron chi connectivity index (χ2n) is 5.38. The van der Waals surface area contributed by atoms with Crippen LogP contribution in [0.5, 0.6) is 0 Å². The zero-order valence-corrected chi connectivity index (χ0v) is 13.8. The highest BCUT2D eigenvalue weighted by Crippen LogP contribution is 2.15. The number of nitrogens with zero attached hydrogens (tertiary/aromatic N) is 4. The minimum absolute atomic E-state index is 0.0384. The van der Waals surface area contributed by atoms with E-state index in [0.29, 0.717) is 6.42 Å². The number of sulfonamides is 1. The Balaban J connectivity index is 2.13. The Morgan fingerprint density at radius 1 is 1.33 bits per heavy atom. The van der Waals surface area contributed by atoms with Gasteiger partial charge in [0.25, 0.3) is 10.0 Å². The molecule has 2 aromatic rings. The van der Waals surface area contributed by atoms with Crippen LogP contribution in [0.3, 0.4) is 0 Å². The third-order valence-electron chi connectivity index (χ3n) is 3.48. The maximum Gasteiger partial charge on any atom is 0.259 e. The lowest BCUT2D eigenvalue weighted by atomic mass is 10.1. The van der Waals surface area contributed by atoms with Crippen molar-refractivity contribution >= 4 is 10.0 Å². The average molecular weight is 311 g/mol. The number of imidazole rings is 1. The summed E-state index contributed by atoms with van der Waals surface area (Å²) < 4.78 is 30.5. The van der Waals surface area contributed by atoms with Gasteiger partial charge in [0.15, 0.2) is 5.03 Å². The number of hydrogen-bond donors (Lipinski definition) is 1. The number of aryl methyl sites for hydroxylation is 3. The van der Waals surface area contributed by atoms with E-state index in [9.17, 15) is 8.42 Å². The molecule has 2 aromatic heterocycles. The van der Waals surface area contributed by atoms with Gasteiger partial charge in [-0.2, -0.15) is 5.10 Å². The van der Waals surface area contributed by atoms with E-state index in [2.05, 4.69) is 14.8 Å². The van der Waals surface area contributed by atoms with Crippen LogP contribution in [0, 0.1) is 13.8 Å². The fourth-order valence-corrected chi connectivity index (χ4v) is 3.54. The number of nitrogens with one attached hydrogen (secondary N) is 1. The summed E-state index contributed by atoms with van der Waals surface area (Å²) in [7, 11) is 0.0306. The Bertz CT molecular complexity index is 745. The summed E-state index contributed by atoms with van der Waals surface area (Å²) in [6.45, 7) is 5.75. The average Bonchev–Trinajstić information content (AvgIpc) is 2.89. The molecule has 2 rings (SSSR count). The van der Waals surface area contributed by atoms with Gasteiger partial charge in [-0.25, -0.2) is 18.1 Å². The molecule has 0 spiro atoms. The Labute approximate surface area is 125 Å². The molecule has 0 aliphatic carbocycles. The van der Waals surface area contributed by atoms with Gasteiger partial charge in [0.1, 0.15) is 0 Å². The molecule has 0 saturated carbocycles. The van der Waals surface area contributed by atoms with Crippen molar-refractivity contribution in [2.75, 3.05) is 0 Å². The van der Waals surface area contributed by atoms with Crippen molar-refractivity contribution in [3.05, 3.63) is 29.5 Å². The zero-order chi connectivity index (χ0) is 15.8. The van der Waals surface area contributed by atoms with Crippen molar-refractivity contribution in [3.63, 3.8) is 0 Å². The molecule has 8 heteroatoms. The topological polar surface area (TPSA) is 81.8 Å². The highest BCUT2D eigenvalue weighted by molar-refractivity contribution is 7.89. The quantitative estimate of drug-likeness (QED) is 0.880. The first-order valence-corrected chi connectivity index (χ1v) is 8.18. The van der Waals surface area contributed by atoms with Crippen molar-refractivity contribution < 1.29 is 8.42 Å². The Morgan fingerprint density at radius 3 is 2.48 bits per heavy atom. The van der Waals surface area contributed by atoms with E-state index in [1.807, 2.05) is 32.5 Å². The van der Waals surface area contributed by atoms with Gasteiger partial charge < -0.3 is 4.57 Å². The lowest BCUT2D eigenvalue weighted by Gasteiger charge is -2.13. The molecule has 0 amide bonds. The Kier molecular flexibility index (Phi) is 4.20. The van der Waals surface area contributed by atoms with Crippen LogP contribution in [0.25, 0.3) is 0 Å². The third-order valence-corrected chi connectivity index (χ3v) is 4.96. The van der Waals surface area contributed by atoms with Crippen LogP contribution in [-0.2, 0) is 30.5 Å². The molecule has 0 bridgehead atoms. The molecule has 7 nitrogen and oxygen atoms in total. The molecule has 0 aromatic carbocycles. The van der Waals surface area contributed by atoms with Crippen LogP contribution in [0.4, 0.5) is 0 Å². The molecule has 1 unspecified atom stereocenters. The van der Waals surface area contributed by atoms with E-state index < -0.39 is 10.0 Å². The second-order valence-corrected chi connectivity index (χ2v) is 7.04. The molecule has 0 fully saturated rings. The number of hydrogen-bond acceptors (Lipinski definition) is 4. The molecule has 2 heterocycles. The highest BCUT2D eigenvalue weighted by atomic mass is 32.2. The first-order chi connectivity index (χ1) is 9.70. The minimum atomic E-state index is -3.59. The van der Waals surface area contributed by atoms with Gasteiger partial charge in [-0.1, -0.05) is 0 Å². The molecule has 21 heavy (non-hydrogen) atoms. The van der Waals surface area contributed by atoms with E-state index in [4.69, 9.17) is 0 Å². The van der Waals surface area contributed by atoms with E-state index >= 15 is 0 Å². The first kappa shape index (κ1) is 15.7. The van der Waals surface area contributed by atoms with E-state index in [1.54, 1.807) is 11.6 Å². The van der Waals surface area contributed by atoms with E-state index in [-0.39, 0.29) is 11.1 Å². The van der Waals surface area contributed by atoms with Crippen LogP contribution in [0.15, 0.2) is 17.6 Å². The number of aromatic nitrogens is 4. The van der Waals surface area contributed by atoms with Crippen molar-refractivity contribution in [2.24, 2.45) is 14.1 Å². The normalized spacial score (nSPS) is 13.6. The maximum atomic E-state index is 12.2. The molecular weight excluding hydrogens is 290 g/mol. The highest BCUT2D eigenvalue weighted by Gasteiger charge is 2.21. The predicted molar refractivity (Wildman–Crippen MR) is 79.4 cm³/mol. The van der Waals surface area contributed by atoms with Crippen molar-refractivity contribution in [3.8, 4) is 0 Å². The molecular formula is C13H21N5O2S.